The van der Waals surface area contributed by atoms with E-state index in [1.807, 2.05) is 56.3 Å². The minimum atomic E-state index is -1.03. The van der Waals surface area contributed by atoms with Crippen molar-refractivity contribution in [2.75, 3.05) is 13.7 Å². The molecule has 1 amide bonds. The van der Waals surface area contributed by atoms with Crippen LogP contribution >= 0.6 is 11.8 Å². The molecular weight excluding hydrogens is 476 g/mol. The number of hydrogen-bond donors (Lipinski definition) is 1. The predicted octanol–water partition coefficient (Wildman–Crippen LogP) is 5.90. The highest BCUT2D eigenvalue weighted by molar-refractivity contribution is 8.18. The van der Waals surface area contributed by atoms with Crippen LogP contribution in [-0.2, 0) is 11.4 Å². The van der Waals surface area contributed by atoms with Crippen molar-refractivity contribution in [1.82, 2.24) is 4.90 Å². The van der Waals surface area contributed by atoms with Gasteiger partial charge in [0, 0.05) is 7.05 Å². The van der Waals surface area contributed by atoms with E-state index in [1.165, 1.54) is 34.4 Å². The van der Waals surface area contributed by atoms with Gasteiger partial charge in [0.15, 0.2) is 16.7 Å². The maximum atomic E-state index is 12.9. The number of benzene rings is 3. The van der Waals surface area contributed by atoms with E-state index < -0.39 is 5.97 Å². The largest absolute Gasteiger partial charge is 0.490 e. The number of nitrogens with zero attached hydrogens (tertiary/aromatic N) is 2. The normalized spacial score (nSPS) is 15.5. The number of carboxylic acids is 1. The Balaban J connectivity index is 1.54. The molecule has 1 saturated heterocycles. The highest BCUT2D eigenvalue weighted by Crippen LogP contribution is 2.35. The zero-order valence-corrected chi connectivity index (χ0v) is 21.0. The average Bonchev–Trinajstić information content (AvgIpc) is 3.12. The molecule has 0 aliphatic carbocycles. The molecule has 0 unspecified atom stereocenters. The predicted molar refractivity (Wildman–Crippen MR) is 142 cm³/mol. The third kappa shape index (κ3) is 5.95. The van der Waals surface area contributed by atoms with Gasteiger partial charge in [0.2, 0.25) is 0 Å². The summed E-state index contributed by atoms with van der Waals surface area (Å²) < 4.78 is 11.8. The first-order chi connectivity index (χ1) is 17.3. The molecule has 1 aliphatic rings. The van der Waals surface area contributed by atoms with Gasteiger partial charge in [0.25, 0.3) is 5.91 Å². The monoisotopic (exact) mass is 502 g/mol. The van der Waals surface area contributed by atoms with Crippen LogP contribution in [0.15, 0.2) is 76.6 Å². The maximum Gasteiger partial charge on any atom is 0.335 e. The van der Waals surface area contributed by atoms with Gasteiger partial charge in [0.1, 0.15) is 6.61 Å². The number of carbonyl (C=O) groups is 2. The zero-order chi connectivity index (χ0) is 25.7. The molecule has 1 heterocycles. The Bertz CT molecular complexity index is 1350. The lowest BCUT2D eigenvalue weighted by molar-refractivity contribution is -0.121. The zero-order valence-electron chi connectivity index (χ0n) is 20.2. The smallest absolute Gasteiger partial charge is 0.335 e. The van der Waals surface area contributed by atoms with Gasteiger partial charge in [-0.05, 0) is 73.1 Å². The minimum absolute atomic E-state index is 0.137. The van der Waals surface area contributed by atoms with E-state index >= 15 is 0 Å². The molecule has 0 spiro atoms. The highest BCUT2D eigenvalue weighted by Gasteiger charge is 2.30. The van der Waals surface area contributed by atoms with E-state index in [2.05, 4.69) is 4.99 Å². The molecule has 0 radical (unpaired) electrons. The van der Waals surface area contributed by atoms with Gasteiger partial charge >= 0.3 is 5.97 Å². The number of hydrogen-bond acceptors (Lipinski definition) is 6. The Morgan fingerprint density at radius 3 is 2.56 bits per heavy atom. The first kappa shape index (κ1) is 25.1. The van der Waals surface area contributed by atoms with Crippen molar-refractivity contribution >= 4 is 40.6 Å². The van der Waals surface area contributed by atoms with Crippen LogP contribution in [0.5, 0.6) is 11.5 Å². The number of likely N-dealkylation sites (N-methyl/N-ethyl adjacent to an activating group) is 1. The number of aryl methyl sites for hydroxylation is 1. The van der Waals surface area contributed by atoms with Crippen molar-refractivity contribution in [3.63, 3.8) is 0 Å². The fraction of sp³-hybridized carbons (Fsp3) is 0.179. The minimum Gasteiger partial charge on any atom is -0.490 e. The van der Waals surface area contributed by atoms with Crippen LogP contribution in [0.25, 0.3) is 6.08 Å². The highest BCUT2D eigenvalue weighted by atomic mass is 32.2. The van der Waals surface area contributed by atoms with Gasteiger partial charge in [-0.1, -0.05) is 42.0 Å². The van der Waals surface area contributed by atoms with Crippen molar-refractivity contribution in [2.24, 2.45) is 4.99 Å². The molecule has 3 aromatic rings. The van der Waals surface area contributed by atoms with Gasteiger partial charge in [0.05, 0.1) is 22.8 Å². The van der Waals surface area contributed by atoms with E-state index in [0.29, 0.717) is 40.5 Å². The summed E-state index contributed by atoms with van der Waals surface area (Å²) in [7, 11) is 1.64. The van der Waals surface area contributed by atoms with Crippen LogP contribution in [0, 0.1) is 6.92 Å². The molecule has 7 nitrogen and oxygen atoms in total. The second kappa shape index (κ2) is 11.1. The number of amidine groups is 1. The van der Waals surface area contributed by atoms with Gasteiger partial charge in [-0.15, -0.1) is 0 Å². The topological polar surface area (TPSA) is 88.4 Å². The summed E-state index contributed by atoms with van der Waals surface area (Å²) in [6.07, 6.45) is 1.78. The van der Waals surface area contributed by atoms with E-state index in [1.54, 1.807) is 25.3 Å². The standard InChI is InChI=1S/C28H26N2O5S/c1-4-34-24-14-20(12-13-23(24)35-17-19-10-8-18(2)9-11-19)15-25-26(31)30(3)28(36-25)29-22-7-5-6-21(16-22)27(32)33/h5-16H,4,17H2,1-3H3,(H,32,33). The summed E-state index contributed by atoms with van der Waals surface area (Å²) in [4.78, 5) is 30.5. The molecule has 0 bridgehead atoms. The number of carbonyl (C=O) groups excluding carboxylic acids is 1. The van der Waals surface area contributed by atoms with Crippen LogP contribution in [0.1, 0.15) is 34.0 Å². The van der Waals surface area contributed by atoms with E-state index in [-0.39, 0.29) is 11.5 Å². The summed E-state index contributed by atoms with van der Waals surface area (Å²) in [5, 5.41) is 9.67. The lowest BCUT2D eigenvalue weighted by atomic mass is 10.1. The lowest BCUT2D eigenvalue weighted by Gasteiger charge is -2.13. The Morgan fingerprint density at radius 1 is 1.06 bits per heavy atom. The molecule has 36 heavy (non-hydrogen) atoms. The number of thioether (sulfide) groups is 1. The van der Waals surface area contributed by atoms with Crippen LogP contribution in [0.2, 0.25) is 0 Å². The summed E-state index contributed by atoms with van der Waals surface area (Å²) in [5.41, 5.74) is 3.65. The molecule has 1 fully saturated rings. The second-order valence-corrected chi connectivity index (χ2v) is 9.15. The number of rotatable bonds is 8. The summed E-state index contributed by atoms with van der Waals surface area (Å²) in [5.74, 6) is 0.00753. The lowest BCUT2D eigenvalue weighted by Crippen LogP contribution is -2.23. The fourth-order valence-electron chi connectivity index (χ4n) is 3.47. The van der Waals surface area contributed by atoms with Crippen LogP contribution in [0.3, 0.4) is 0 Å². The third-order valence-corrected chi connectivity index (χ3v) is 6.46. The Kier molecular flexibility index (Phi) is 7.75. The van der Waals surface area contributed by atoms with Crippen LogP contribution < -0.4 is 9.47 Å². The van der Waals surface area contributed by atoms with Gasteiger partial charge in [-0.3, -0.25) is 9.69 Å². The quantitative estimate of drug-likeness (QED) is 0.386. The third-order valence-electron chi connectivity index (χ3n) is 5.40. The molecule has 0 aromatic heterocycles. The first-order valence-corrected chi connectivity index (χ1v) is 12.2. The van der Waals surface area contributed by atoms with Crippen LogP contribution in [-0.4, -0.2) is 40.7 Å². The van der Waals surface area contributed by atoms with E-state index in [0.717, 1.165) is 11.1 Å². The number of ether oxygens (including phenoxy) is 2. The van der Waals surface area contributed by atoms with Crippen LogP contribution in [0.4, 0.5) is 5.69 Å². The van der Waals surface area contributed by atoms with Gasteiger partial charge in [-0.2, -0.15) is 0 Å². The number of aliphatic imine (C=N–C) groups is 1. The summed E-state index contributed by atoms with van der Waals surface area (Å²) in [6, 6.07) is 20.0. The second-order valence-electron chi connectivity index (χ2n) is 8.14. The summed E-state index contributed by atoms with van der Waals surface area (Å²) >= 11 is 1.23. The molecule has 0 atom stereocenters. The van der Waals surface area contributed by atoms with Crippen molar-refractivity contribution in [1.29, 1.82) is 0 Å². The average molecular weight is 503 g/mol. The Labute approximate surface area is 214 Å². The molecule has 3 aromatic carbocycles. The molecule has 4 rings (SSSR count). The molecule has 1 aliphatic heterocycles. The van der Waals surface area contributed by atoms with Crippen molar-refractivity contribution in [3.8, 4) is 11.5 Å². The first-order valence-electron chi connectivity index (χ1n) is 11.4. The molecule has 0 saturated carbocycles. The maximum absolute atomic E-state index is 12.9. The van der Waals surface area contributed by atoms with E-state index in [4.69, 9.17) is 9.47 Å². The Hall–Kier alpha value is -4.04. The summed E-state index contributed by atoms with van der Waals surface area (Å²) in [6.45, 7) is 4.84. The number of carboxylic acid groups (broad SMARTS) is 1. The number of amides is 1. The SMILES string of the molecule is CCOc1cc(C=C2SC(=Nc3cccc(C(=O)O)c3)N(C)C2=O)ccc1OCc1ccc(C)cc1. The van der Waals surface area contributed by atoms with Gasteiger partial charge in [-0.25, -0.2) is 9.79 Å². The molecule has 184 valence electrons. The molecular formula is C28H26N2O5S. The fourth-order valence-corrected chi connectivity index (χ4v) is 4.46. The molecule has 8 heteroatoms. The van der Waals surface area contributed by atoms with Crippen molar-refractivity contribution < 1.29 is 24.2 Å². The van der Waals surface area contributed by atoms with Crippen molar-refractivity contribution in [2.45, 2.75) is 20.5 Å². The van der Waals surface area contributed by atoms with Gasteiger partial charge < -0.3 is 14.6 Å². The van der Waals surface area contributed by atoms with Crippen molar-refractivity contribution in [3.05, 3.63) is 93.9 Å². The van der Waals surface area contributed by atoms with E-state index in [9.17, 15) is 14.7 Å². The Morgan fingerprint density at radius 2 is 1.83 bits per heavy atom. The molecule has 1 N–H and O–H groups in total. The number of aromatic carboxylic acids is 1.